The highest BCUT2D eigenvalue weighted by molar-refractivity contribution is 9.10. The molecule has 2 aromatic carbocycles. The maximum absolute atomic E-state index is 13.6. The lowest BCUT2D eigenvalue weighted by molar-refractivity contribution is -0.115. The molecular formula is C14H11BrF2N2O. The summed E-state index contributed by atoms with van der Waals surface area (Å²) < 4.78 is 27.4. The lowest BCUT2D eigenvalue weighted by Crippen LogP contribution is -2.16. The summed E-state index contributed by atoms with van der Waals surface area (Å²) >= 11 is 2.97. The molecule has 0 aliphatic rings. The van der Waals surface area contributed by atoms with E-state index in [-0.39, 0.29) is 10.9 Å². The quantitative estimate of drug-likeness (QED) is 0.840. The van der Waals surface area contributed by atoms with Crippen LogP contribution in [-0.4, -0.2) is 5.91 Å². The summed E-state index contributed by atoms with van der Waals surface area (Å²) in [5, 5.41) is 2.22. The van der Waals surface area contributed by atoms with E-state index < -0.39 is 23.2 Å². The van der Waals surface area contributed by atoms with Crippen LogP contribution >= 0.6 is 15.9 Å². The summed E-state index contributed by atoms with van der Waals surface area (Å²) in [6.45, 7) is 0. The molecule has 3 N–H and O–H groups in total. The maximum Gasteiger partial charge on any atom is 0.228 e. The Morgan fingerprint density at radius 3 is 2.45 bits per heavy atom. The highest BCUT2D eigenvalue weighted by Crippen LogP contribution is 2.24. The first-order valence-electron chi connectivity index (χ1n) is 5.74. The average molecular weight is 341 g/mol. The number of hydrogen-bond donors (Lipinski definition) is 2. The van der Waals surface area contributed by atoms with Gasteiger partial charge in [-0.2, -0.15) is 0 Å². The van der Waals surface area contributed by atoms with E-state index in [1.54, 1.807) is 24.3 Å². The Balaban J connectivity index is 2.13. The van der Waals surface area contributed by atoms with Crippen LogP contribution in [0.2, 0.25) is 0 Å². The molecular weight excluding hydrogens is 330 g/mol. The molecule has 0 aliphatic heterocycles. The molecule has 2 aromatic rings. The Kier molecular flexibility index (Phi) is 4.34. The fourth-order valence-electron chi connectivity index (χ4n) is 1.73. The van der Waals surface area contributed by atoms with Gasteiger partial charge in [0, 0.05) is 10.2 Å². The largest absolute Gasteiger partial charge is 0.399 e. The zero-order valence-electron chi connectivity index (χ0n) is 10.3. The Morgan fingerprint density at radius 1 is 1.20 bits per heavy atom. The van der Waals surface area contributed by atoms with Crippen molar-refractivity contribution in [3.05, 3.63) is 58.1 Å². The van der Waals surface area contributed by atoms with Gasteiger partial charge in [0.2, 0.25) is 5.91 Å². The van der Waals surface area contributed by atoms with Crippen molar-refractivity contribution in [2.24, 2.45) is 0 Å². The molecule has 0 atom stereocenters. The zero-order valence-corrected chi connectivity index (χ0v) is 11.9. The molecule has 0 saturated carbocycles. The van der Waals surface area contributed by atoms with Gasteiger partial charge in [-0.15, -0.1) is 0 Å². The van der Waals surface area contributed by atoms with Crippen molar-refractivity contribution in [2.45, 2.75) is 6.42 Å². The lowest BCUT2D eigenvalue weighted by Gasteiger charge is -2.08. The van der Waals surface area contributed by atoms with Gasteiger partial charge in [-0.3, -0.25) is 4.79 Å². The molecule has 0 saturated heterocycles. The molecule has 0 heterocycles. The van der Waals surface area contributed by atoms with E-state index in [2.05, 4.69) is 21.2 Å². The molecule has 104 valence electrons. The molecule has 2 rings (SSSR count). The molecule has 0 spiro atoms. The van der Waals surface area contributed by atoms with Crippen LogP contribution in [-0.2, 0) is 11.2 Å². The molecule has 0 aromatic heterocycles. The van der Waals surface area contributed by atoms with Crippen LogP contribution in [0.5, 0.6) is 0 Å². The number of hydrogen-bond acceptors (Lipinski definition) is 2. The minimum absolute atomic E-state index is 0.0139. The molecule has 0 bridgehead atoms. The lowest BCUT2D eigenvalue weighted by atomic mass is 10.1. The fraction of sp³-hybridized carbons (Fsp3) is 0.0714. The first-order chi connectivity index (χ1) is 9.45. The smallest absolute Gasteiger partial charge is 0.228 e. The van der Waals surface area contributed by atoms with Gasteiger partial charge in [-0.1, -0.05) is 28.1 Å². The number of nitrogens with two attached hydrogens (primary N) is 1. The van der Waals surface area contributed by atoms with Gasteiger partial charge in [-0.25, -0.2) is 8.78 Å². The fourth-order valence-corrected chi connectivity index (χ4v) is 2.14. The van der Waals surface area contributed by atoms with Crippen LogP contribution in [0.25, 0.3) is 0 Å². The normalized spacial score (nSPS) is 10.3. The minimum atomic E-state index is -0.835. The second kappa shape index (κ2) is 6.00. The Bertz CT molecular complexity index is 638. The third-order valence-electron chi connectivity index (χ3n) is 2.59. The van der Waals surface area contributed by atoms with E-state index in [1.807, 2.05) is 0 Å². The number of carbonyl (C=O) groups is 1. The molecule has 20 heavy (non-hydrogen) atoms. The van der Waals surface area contributed by atoms with Crippen molar-refractivity contribution < 1.29 is 13.6 Å². The van der Waals surface area contributed by atoms with Gasteiger partial charge in [0.05, 0.1) is 6.42 Å². The Morgan fingerprint density at radius 2 is 1.85 bits per heavy atom. The minimum Gasteiger partial charge on any atom is -0.399 e. The van der Waals surface area contributed by atoms with E-state index in [0.29, 0.717) is 11.3 Å². The van der Waals surface area contributed by atoms with Crippen LogP contribution in [0.15, 0.2) is 40.9 Å². The molecule has 6 heteroatoms. The van der Waals surface area contributed by atoms with Crippen LogP contribution in [0.1, 0.15) is 5.56 Å². The first-order valence-corrected chi connectivity index (χ1v) is 6.54. The van der Waals surface area contributed by atoms with Gasteiger partial charge < -0.3 is 11.1 Å². The summed E-state index contributed by atoms with van der Waals surface area (Å²) in [5.74, 6) is -2.19. The molecule has 3 nitrogen and oxygen atoms in total. The zero-order chi connectivity index (χ0) is 14.7. The van der Waals surface area contributed by atoms with E-state index in [9.17, 15) is 13.6 Å². The molecule has 0 radical (unpaired) electrons. The van der Waals surface area contributed by atoms with Crippen molar-refractivity contribution in [1.82, 2.24) is 0 Å². The number of carbonyl (C=O) groups excluding carboxylic acids is 1. The predicted octanol–water partition coefficient (Wildman–Crippen LogP) is 3.49. The monoisotopic (exact) mass is 340 g/mol. The number of nitrogens with one attached hydrogen (secondary N) is 1. The van der Waals surface area contributed by atoms with E-state index in [1.165, 1.54) is 0 Å². The topological polar surface area (TPSA) is 55.1 Å². The highest BCUT2D eigenvalue weighted by Gasteiger charge is 2.13. The molecule has 0 fully saturated rings. The average Bonchev–Trinajstić information content (AvgIpc) is 2.33. The van der Waals surface area contributed by atoms with Crippen molar-refractivity contribution in [2.75, 3.05) is 11.1 Å². The summed E-state index contributed by atoms with van der Waals surface area (Å²) in [6, 6.07) is 8.91. The first kappa shape index (κ1) is 14.5. The van der Waals surface area contributed by atoms with Crippen LogP contribution < -0.4 is 11.1 Å². The van der Waals surface area contributed by atoms with Crippen LogP contribution in [0, 0.1) is 11.6 Å². The standard InChI is InChI=1S/C14H11BrF2N2O/c15-9-6-11(16)14(12(17)7-9)19-13(20)5-8-2-1-3-10(18)4-8/h1-4,6-7H,5,18H2,(H,19,20). The van der Waals surface area contributed by atoms with Crippen LogP contribution in [0.4, 0.5) is 20.2 Å². The van der Waals surface area contributed by atoms with Gasteiger partial charge >= 0.3 is 0 Å². The SMILES string of the molecule is Nc1cccc(CC(=O)Nc2c(F)cc(Br)cc2F)c1. The van der Waals surface area contributed by atoms with E-state index in [4.69, 9.17) is 5.73 Å². The van der Waals surface area contributed by atoms with Crippen molar-refractivity contribution >= 4 is 33.2 Å². The number of rotatable bonds is 3. The van der Waals surface area contributed by atoms with Crippen molar-refractivity contribution in [3.63, 3.8) is 0 Å². The van der Waals surface area contributed by atoms with Gasteiger partial charge in [-0.05, 0) is 29.8 Å². The summed E-state index contributed by atoms with van der Waals surface area (Å²) in [4.78, 5) is 11.8. The highest BCUT2D eigenvalue weighted by atomic mass is 79.9. The molecule has 1 amide bonds. The van der Waals surface area contributed by atoms with Gasteiger partial charge in [0.25, 0.3) is 0 Å². The summed E-state index contributed by atoms with van der Waals surface area (Å²) in [5.41, 5.74) is 6.33. The molecule has 0 aliphatic carbocycles. The second-order valence-electron chi connectivity index (χ2n) is 4.21. The predicted molar refractivity (Wildman–Crippen MR) is 77.2 cm³/mol. The summed E-state index contributed by atoms with van der Waals surface area (Å²) in [6.07, 6.45) is -0.0139. The van der Waals surface area contributed by atoms with Crippen LogP contribution in [0.3, 0.4) is 0 Å². The van der Waals surface area contributed by atoms with Gasteiger partial charge in [0.1, 0.15) is 5.69 Å². The number of anilines is 2. The number of benzene rings is 2. The number of halogens is 3. The Hall–Kier alpha value is -1.95. The third kappa shape index (κ3) is 3.54. The second-order valence-corrected chi connectivity index (χ2v) is 5.13. The number of nitrogen functional groups attached to an aromatic ring is 1. The molecule has 0 unspecified atom stereocenters. The van der Waals surface area contributed by atoms with E-state index in [0.717, 1.165) is 12.1 Å². The Labute approximate surface area is 122 Å². The number of amides is 1. The van der Waals surface area contributed by atoms with Gasteiger partial charge in [0.15, 0.2) is 11.6 Å². The summed E-state index contributed by atoms with van der Waals surface area (Å²) in [7, 11) is 0. The van der Waals surface area contributed by atoms with Crippen molar-refractivity contribution in [1.29, 1.82) is 0 Å². The maximum atomic E-state index is 13.6. The third-order valence-corrected chi connectivity index (χ3v) is 3.04. The van der Waals surface area contributed by atoms with Crippen molar-refractivity contribution in [3.8, 4) is 0 Å². The van der Waals surface area contributed by atoms with E-state index >= 15 is 0 Å².